The number of likely N-dealkylation sites (N-methyl/N-ethyl adjacent to an activating group) is 1. The molecule has 2 amide bonds. The van der Waals surface area contributed by atoms with E-state index in [9.17, 15) is 9.59 Å². The van der Waals surface area contributed by atoms with Gasteiger partial charge >= 0.3 is 0 Å². The summed E-state index contributed by atoms with van der Waals surface area (Å²) in [5.41, 5.74) is 3.95. The second kappa shape index (κ2) is 6.16. The topological polar surface area (TPSA) is 43.9 Å². The molecule has 0 aliphatic carbocycles. The molecular formula is C21H23N3O2. The van der Waals surface area contributed by atoms with E-state index >= 15 is 0 Å². The SMILES string of the molecule is CC(=O)N1c2ccccc2N(C(=O)C2Cc3ccccc3N2C)C[C@@H]1C. The van der Waals surface area contributed by atoms with E-state index < -0.39 is 0 Å². The molecule has 1 unspecified atom stereocenters. The van der Waals surface area contributed by atoms with Crippen LogP contribution in [0.4, 0.5) is 17.1 Å². The first-order valence-corrected chi connectivity index (χ1v) is 9.00. The van der Waals surface area contributed by atoms with Crippen molar-refractivity contribution in [1.29, 1.82) is 0 Å². The van der Waals surface area contributed by atoms with Crippen LogP contribution in [-0.4, -0.2) is 37.5 Å². The number of hydrogen-bond donors (Lipinski definition) is 0. The normalized spacial score (nSPS) is 21.4. The molecule has 5 heteroatoms. The number of amides is 2. The van der Waals surface area contributed by atoms with Gasteiger partial charge in [0.05, 0.1) is 17.4 Å². The second-order valence-electron chi connectivity index (χ2n) is 7.14. The van der Waals surface area contributed by atoms with E-state index in [1.807, 2.05) is 55.3 Å². The van der Waals surface area contributed by atoms with Gasteiger partial charge in [-0.15, -0.1) is 0 Å². The molecule has 26 heavy (non-hydrogen) atoms. The molecule has 0 fully saturated rings. The lowest BCUT2D eigenvalue weighted by atomic mass is 10.0. The lowest BCUT2D eigenvalue weighted by Gasteiger charge is -2.42. The van der Waals surface area contributed by atoms with Crippen LogP contribution in [0.15, 0.2) is 48.5 Å². The Hall–Kier alpha value is -2.82. The zero-order chi connectivity index (χ0) is 18.4. The summed E-state index contributed by atoms with van der Waals surface area (Å²) in [5.74, 6) is 0.0913. The summed E-state index contributed by atoms with van der Waals surface area (Å²) in [4.78, 5) is 31.3. The van der Waals surface area contributed by atoms with Crippen LogP contribution in [-0.2, 0) is 16.0 Å². The smallest absolute Gasteiger partial charge is 0.250 e. The summed E-state index contributed by atoms with van der Waals surface area (Å²) in [7, 11) is 1.98. The predicted molar refractivity (Wildman–Crippen MR) is 104 cm³/mol. The van der Waals surface area contributed by atoms with E-state index in [1.165, 1.54) is 5.56 Å². The first-order valence-electron chi connectivity index (χ1n) is 9.00. The Morgan fingerprint density at radius 3 is 2.23 bits per heavy atom. The maximum atomic E-state index is 13.4. The molecule has 4 rings (SSSR count). The molecule has 0 bridgehead atoms. The Labute approximate surface area is 153 Å². The van der Waals surface area contributed by atoms with Crippen LogP contribution in [0, 0.1) is 0 Å². The van der Waals surface area contributed by atoms with Crippen LogP contribution in [0.3, 0.4) is 0 Å². The third kappa shape index (κ3) is 2.46. The van der Waals surface area contributed by atoms with Crippen molar-refractivity contribution < 1.29 is 9.59 Å². The largest absolute Gasteiger partial charge is 0.362 e. The third-order valence-electron chi connectivity index (χ3n) is 5.46. The average Bonchev–Trinajstić information content (AvgIpc) is 2.97. The Morgan fingerprint density at radius 1 is 0.962 bits per heavy atom. The van der Waals surface area contributed by atoms with Crippen LogP contribution >= 0.6 is 0 Å². The standard InChI is InChI=1S/C21H23N3O2/c1-14-13-23(18-10-6-7-11-19(18)24(14)15(2)25)21(26)20-12-16-8-4-5-9-17(16)22(20)3/h4-11,14,20H,12-13H2,1-3H3/t14-,20?/m0/s1. The first kappa shape index (κ1) is 16.6. The quantitative estimate of drug-likeness (QED) is 0.795. The molecule has 2 aliphatic rings. The van der Waals surface area contributed by atoms with Gasteiger partial charge in [0.25, 0.3) is 0 Å². The van der Waals surface area contributed by atoms with E-state index in [4.69, 9.17) is 0 Å². The fourth-order valence-corrected chi connectivity index (χ4v) is 4.24. The van der Waals surface area contributed by atoms with E-state index in [1.54, 1.807) is 11.8 Å². The van der Waals surface area contributed by atoms with Gasteiger partial charge in [-0.1, -0.05) is 30.3 Å². The number of nitrogens with zero attached hydrogens (tertiary/aromatic N) is 3. The highest BCUT2D eigenvalue weighted by Crippen LogP contribution is 2.38. The fraction of sp³-hybridized carbons (Fsp3) is 0.333. The number of hydrogen-bond acceptors (Lipinski definition) is 3. The fourth-order valence-electron chi connectivity index (χ4n) is 4.24. The molecule has 0 N–H and O–H groups in total. The molecule has 134 valence electrons. The number of anilines is 3. The lowest BCUT2D eigenvalue weighted by Crippen LogP contribution is -2.55. The van der Waals surface area contributed by atoms with Crippen molar-refractivity contribution in [2.24, 2.45) is 0 Å². The molecule has 2 aliphatic heterocycles. The second-order valence-corrected chi connectivity index (χ2v) is 7.14. The zero-order valence-electron chi connectivity index (χ0n) is 15.3. The van der Waals surface area contributed by atoms with Crippen LogP contribution < -0.4 is 14.7 Å². The number of para-hydroxylation sites is 3. The van der Waals surface area contributed by atoms with Gasteiger partial charge in [0.2, 0.25) is 11.8 Å². The van der Waals surface area contributed by atoms with Gasteiger partial charge in [-0.05, 0) is 30.7 Å². The van der Waals surface area contributed by atoms with Gasteiger partial charge in [0, 0.05) is 32.6 Å². The molecule has 0 spiro atoms. The number of benzene rings is 2. The maximum Gasteiger partial charge on any atom is 0.250 e. The summed E-state index contributed by atoms with van der Waals surface area (Å²) >= 11 is 0. The van der Waals surface area contributed by atoms with E-state index in [0.717, 1.165) is 23.5 Å². The highest BCUT2D eigenvalue weighted by molar-refractivity contribution is 6.07. The van der Waals surface area contributed by atoms with Crippen LogP contribution in [0.5, 0.6) is 0 Å². The van der Waals surface area contributed by atoms with Gasteiger partial charge in [0.1, 0.15) is 6.04 Å². The first-order chi connectivity index (χ1) is 12.5. The van der Waals surface area contributed by atoms with Gasteiger partial charge in [-0.25, -0.2) is 0 Å². The molecule has 2 heterocycles. The Kier molecular flexibility index (Phi) is 3.94. The van der Waals surface area contributed by atoms with Crippen molar-refractivity contribution in [3.8, 4) is 0 Å². The molecule has 2 aromatic carbocycles. The lowest BCUT2D eigenvalue weighted by molar-refractivity contribution is -0.120. The van der Waals surface area contributed by atoms with Gasteiger partial charge < -0.3 is 14.7 Å². The molecule has 0 saturated heterocycles. The van der Waals surface area contributed by atoms with Gasteiger partial charge in [-0.3, -0.25) is 9.59 Å². The Bertz CT molecular complexity index is 879. The predicted octanol–water partition coefficient (Wildman–Crippen LogP) is 2.84. The summed E-state index contributed by atoms with van der Waals surface area (Å²) in [5, 5.41) is 0. The third-order valence-corrected chi connectivity index (χ3v) is 5.46. The minimum atomic E-state index is -0.212. The number of rotatable bonds is 1. The number of carbonyl (C=O) groups excluding carboxylic acids is 2. The Balaban J connectivity index is 1.69. The molecule has 0 radical (unpaired) electrons. The van der Waals surface area contributed by atoms with Crippen LogP contribution in [0.1, 0.15) is 19.4 Å². The maximum absolute atomic E-state index is 13.4. The van der Waals surface area contributed by atoms with E-state index in [2.05, 4.69) is 17.0 Å². The molecular weight excluding hydrogens is 326 g/mol. The summed E-state index contributed by atoms with van der Waals surface area (Å²) < 4.78 is 0. The Morgan fingerprint density at radius 2 is 1.58 bits per heavy atom. The van der Waals surface area contributed by atoms with Gasteiger partial charge in [-0.2, -0.15) is 0 Å². The van der Waals surface area contributed by atoms with Crippen molar-refractivity contribution in [1.82, 2.24) is 0 Å². The molecule has 2 aromatic rings. The van der Waals surface area contributed by atoms with Crippen molar-refractivity contribution in [2.45, 2.75) is 32.4 Å². The van der Waals surface area contributed by atoms with Crippen molar-refractivity contribution >= 4 is 28.9 Å². The highest BCUT2D eigenvalue weighted by atomic mass is 16.2. The van der Waals surface area contributed by atoms with Crippen LogP contribution in [0.2, 0.25) is 0 Å². The molecule has 2 atom stereocenters. The molecule has 0 aromatic heterocycles. The van der Waals surface area contributed by atoms with Gasteiger partial charge in [0.15, 0.2) is 0 Å². The summed E-state index contributed by atoms with van der Waals surface area (Å²) in [6.45, 7) is 4.08. The van der Waals surface area contributed by atoms with E-state index in [0.29, 0.717) is 6.54 Å². The number of carbonyl (C=O) groups is 2. The minimum absolute atomic E-state index is 0.00226. The van der Waals surface area contributed by atoms with Crippen LogP contribution in [0.25, 0.3) is 0 Å². The summed E-state index contributed by atoms with van der Waals surface area (Å²) in [6, 6.07) is 15.6. The monoisotopic (exact) mass is 349 g/mol. The molecule has 0 saturated carbocycles. The van der Waals surface area contributed by atoms with Crippen molar-refractivity contribution in [2.75, 3.05) is 28.3 Å². The van der Waals surface area contributed by atoms with E-state index in [-0.39, 0.29) is 23.9 Å². The highest BCUT2D eigenvalue weighted by Gasteiger charge is 2.39. The van der Waals surface area contributed by atoms with Crippen molar-refractivity contribution in [3.63, 3.8) is 0 Å². The number of fused-ring (bicyclic) bond motifs is 2. The summed E-state index contributed by atoms with van der Waals surface area (Å²) in [6.07, 6.45) is 0.717. The zero-order valence-corrected chi connectivity index (χ0v) is 15.3. The average molecular weight is 349 g/mol. The molecule has 5 nitrogen and oxygen atoms in total. The van der Waals surface area contributed by atoms with Crippen molar-refractivity contribution in [3.05, 3.63) is 54.1 Å². The minimum Gasteiger partial charge on any atom is -0.362 e.